The topological polar surface area (TPSA) is 171 Å². The molecule has 0 bridgehead atoms. The van der Waals surface area contributed by atoms with Gasteiger partial charge >= 0.3 is 12.1 Å². The molecule has 2 heterocycles. The van der Waals surface area contributed by atoms with Gasteiger partial charge in [-0.3, -0.25) is 19.7 Å². The predicted octanol–water partition coefficient (Wildman–Crippen LogP) is 8.63. The highest BCUT2D eigenvalue weighted by Gasteiger charge is 2.39. The van der Waals surface area contributed by atoms with Crippen LogP contribution in [0.25, 0.3) is 0 Å². The van der Waals surface area contributed by atoms with E-state index in [0.717, 1.165) is 5.69 Å². The molecule has 56 heavy (non-hydrogen) atoms. The maximum Gasteiger partial charge on any atom is 0.420 e. The highest BCUT2D eigenvalue weighted by Crippen LogP contribution is 2.38. The predicted molar refractivity (Wildman–Crippen MR) is 213 cm³/mol. The zero-order chi connectivity index (χ0) is 40.5. The number of rotatable bonds is 14. The van der Waals surface area contributed by atoms with Crippen LogP contribution >= 0.6 is 0 Å². The molecule has 1 aliphatic heterocycles. The van der Waals surface area contributed by atoms with Gasteiger partial charge in [-0.1, -0.05) is 32.9 Å². The Bertz CT molecular complexity index is 1970. The molecule has 0 spiro atoms. The van der Waals surface area contributed by atoms with Crippen molar-refractivity contribution in [3.8, 4) is 5.75 Å². The number of ether oxygens (including phenoxy) is 2. The monoisotopic (exact) mass is 783 g/mol. The average molecular weight is 784 g/mol. The summed E-state index contributed by atoms with van der Waals surface area (Å²) in [5.74, 6) is -0.364. The lowest BCUT2D eigenvalue weighted by molar-refractivity contribution is -0.384. The van der Waals surface area contributed by atoms with Gasteiger partial charge in [-0.05, 0) is 86.4 Å². The zero-order valence-corrected chi connectivity index (χ0v) is 33.7. The largest absolute Gasteiger partial charge is 0.544 e. The maximum absolute atomic E-state index is 13.9. The number of imidazole rings is 1. The first-order chi connectivity index (χ1) is 26.6. The van der Waals surface area contributed by atoms with E-state index in [1.807, 2.05) is 31.2 Å². The van der Waals surface area contributed by atoms with E-state index < -0.39 is 25.4 Å². The van der Waals surface area contributed by atoms with E-state index in [4.69, 9.17) is 13.9 Å². The van der Waals surface area contributed by atoms with Crippen LogP contribution in [0.3, 0.4) is 0 Å². The van der Waals surface area contributed by atoms with E-state index in [1.165, 1.54) is 47.6 Å². The molecule has 1 aliphatic rings. The molecule has 1 fully saturated rings. The number of likely N-dealkylation sites (N-methyl/N-ethyl adjacent to an activating group) is 1. The summed E-state index contributed by atoms with van der Waals surface area (Å²) in [7, 11) is -2.10. The Morgan fingerprint density at radius 1 is 0.964 bits per heavy atom. The van der Waals surface area contributed by atoms with Gasteiger partial charge < -0.3 is 23.7 Å². The fraction of sp³-hybridized carbons (Fsp3) is 0.400. The van der Waals surface area contributed by atoms with E-state index in [2.05, 4.69) is 54.0 Å². The molecule has 15 nitrogen and oxygen atoms in total. The van der Waals surface area contributed by atoms with Gasteiger partial charge in [0.15, 0.2) is 0 Å². The van der Waals surface area contributed by atoms with Crippen molar-refractivity contribution in [3.05, 3.63) is 107 Å². The lowest BCUT2D eigenvalue weighted by Gasteiger charge is -2.36. The van der Waals surface area contributed by atoms with Gasteiger partial charge in [-0.15, -0.1) is 0 Å². The molecule has 0 radical (unpaired) electrons. The fourth-order valence-electron chi connectivity index (χ4n) is 5.78. The first-order valence-electron chi connectivity index (χ1n) is 18.6. The van der Waals surface area contributed by atoms with Crippen molar-refractivity contribution in [3.63, 3.8) is 0 Å². The van der Waals surface area contributed by atoms with E-state index >= 15 is 0 Å². The van der Waals surface area contributed by atoms with Crippen molar-refractivity contribution in [2.45, 2.75) is 64.8 Å². The summed E-state index contributed by atoms with van der Waals surface area (Å²) < 4.78 is 19.0. The minimum atomic E-state index is -2.10. The number of nitro groups is 1. The second-order valence-corrected chi connectivity index (χ2v) is 19.7. The summed E-state index contributed by atoms with van der Waals surface area (Å²) >= 11 is 0. The molecule has 1 atom stereocenters. The van der Waals surface area contributed by atoms with Crippen LogP contribution < -0.4 is 9.33 Å². The van der Waals surface area contributed by atoms with Gasteiger partial charge in [0.25, 0.3) is 11.6 Å². The molecule has 1 unspecified atom stereocenters. The Morgan fingerprint density at radius 3 is 2.11 bits per heavy atom. The summed E-state index contributed by atoms with van der Waals surface area (Å²) in [4.78, 5) is 58.0. The molecule has 5 rings (SSSR count). The third-order valence-corrected chi connectivity index (χ3v) is 14.6. The van der Waals surface area contributed by atoms with Gasteiger partial charge in [-0.2, -0.15) is 10.2 Å². The van der Waals surface area contributed by atoms with E-state index in [9.17, 15) is 24.5 Å². The normalized spacial score (nSPS) is 14.3. The van der Waals surface area contributed by atoms with Gasteiger partial charge in [0.1, 0.15) is 18.7 Å². The number of azo groups is 1. The van der Waals surface area contributed by atoms with Crippen LogP contribution in [-0.2, 0) is 19.1 Å². The molecular formula is C40H49N7O8Si. The Hall–Kier alpha value is -5.90. The fourth-order valence-corrected chi connectivity index (χ4v) is 6.81. The smallest absolute Gasteiger partial charge is 0.420 e. The molecule has 0 N–H and O–H groups in total. The maximum atomic E-state index is 13.9. The number of nitrogens with zero attached hydrogens (tertiary/aromatic N) is 7. The van der Waals surface area contributed by atoms with Crippen LogP contribution in [0.4, 0.5) is 27.5 Å². The molecule has 0 saturated carbocycles. The van der Waals surface area contributed by atoms with E-state index in [0.29, 0.717) is 61.7 Å². The molecule has 1 amide bonds. The molecule has 1 aromatic heterocycles. The highest BCUT2D eigenvalue weighted by atomic mass is 28.4. The van der Waals surface area contributed by atoms with Crippen molar-refractivity contribution in [1.82, 2.24) is 14.5 Å². The van der Waals surface area contributed by atoms with Crippen molar-refractivity contribution in [2.24, 2.45) is 16.1 Å². The number of piperidine rings is 1. The summed E-state index contributed by atoms with van der Waals surface area (Å²) in [5.41, 5.74) is 2.53. The van der Waals surface area contributed by atoms with Gasteiger partial charge in [0, 0.05) is 55.4 Å². The van der Waals surface area contributed by atoms with Crippen molar-refractivity contribution in [1.29, 1.82) is 0 Å². The molecule has 1 saturated heterocycles. The number of aromatic nitrogens is 2. The van der Waals surface area contributed by atoms with Crippen LogP contribution in [0.15, 0.2) is 102 Å². The van der Waals surface area contributed by atoms with Crippen molar-refractivity contribution >= 4 is 49.0 Å². The highest BCUT2D eigenvalue weighted by molar-refractivity contribution is 6.74. The number of carbonyl (C=O) groups is 3. The Balaban J connectivity index is 1.13. The molecule has 4 aromatic rings. The third kappa shape index (κ3) is 10.6. The molecule has 16 heteroatoms. The number of nitro benzene ring substituents is 1. The molecule has 3 aromatic carbocycles. The number of likely N-dealkylation sites (tertiary alicyclic amines) is 1. The summed E-state index contributed by atoms with van der Waals surface area (Å²) in [6.45, 7) is 14.8. The number of amides is 1. The standard InChI is InChI=1S/C40H49N7O8Si/c1-7-44(33-14-10-31(11-15-33)42-43-32-12-16-34(17-13-32)47(51)52)26-27-53-38(49)30-20-23-45(24-21-30)37(48)36(54-39(50)46-25-22-41-28-46)29-8-18-35(19-9-29)55-56(5,6)40(2,3)4/h8-19,22,25,28,30,36H,7,20-21,23-24,26-27H2,1-6H3. The minimum absolute atomic E-state index is 0.00403. The zero-order valence-electron chi connectivity index (χ0n) is 32.7. The minimum Gasteiger partial charge on any atom is -0.544 e. The lowest BCUT2D eigenvalue weighted by Crippen LogP contribution is -2.44. The second-order valence-electron chi connectivity index (χ2n) is 15.0. The van der Waals surface area contributed by atoms with Crippen LogP contribution in [0, 0.1) is 16.0 Å². The first kappa shape index (κ1) is 41.3. The number of anilines is 1. The van der Waals surface area contributed by atoms with E-state index in [-0.39, 0.29) is 35.1 Å². The molecule has 296 valence electrons. The van der Waals surface area contributed by atoms with Crippen molar-refractivity contribution < 1.29 is 33.2 Å². The Kier molecular flexibility index (Phi) is 13.4. The summed E-state index contributed by atoms with van der Waals surface area (Å²) in [5, 5.41) is 19.2. The number of hydrogen-bond acceptors (Lipinski definition) is 12. The molecular weight excluding hydrogens is 735 g/mol. The molecule has 0 aliphatic carbocycles. The van der Waals surface area contributed by atoms with Crippen molar-refractivity contribution in [2.75, 3.05) is 37.7 Å². The SMILES string of the molecule is CCN(CCOC(=O)C1CCN(C(=O)C(OC(=O)n2ccnc2)c2ccc(O[Si](C)(C)C(C)(C)C)cc2)CC1)c1ccc(N=Nc2ccc([N+](=O)[O-])cc2)cc1. The number of esters is 1. The van der Waals surface area contributed by atoms with Gasteiger partial charge in [-0.25, -0.2) is 14.3 Å². The Morgan fingerprint density at radius 2 is 1.57 bits per heavy atom. The number of non-ortho nitro benzene ring substituents is 1. The van der Waals surface area contributed by atoms with Crippen LogP contribution in [0.2, 0.25) is 18.1 Å². The summed E-state index contributed by atoms with van der Waals surface area (Å²) in [6.07, 6.45) is 3.11. The summed E-state index contributed by atoms with van der Waals surface area (Å²) in [6, 6.07) is 20.4. The first-order valence-corrected chi connectivity index (χ1v) is 21.5. The quantitative estimate of drug-likeness (QED) is 0.0396. The Labute approximate surface area is 327 Å². The third-order valence-electron chi connectivity index (χ3n) is 10.2. The number of hydrogen-bond donors (Lipinski definition) is 0. The van der Waals surface area contributed by atoms with Gasteiger partial charge in [0.2, 0.25) is 14.4 Å². The average Bonchev–Trinajstić information content (AvgIpc) is 3.73. The van der Waals surface area contributed by atoms with E-state index in [1.54, 1.807) is 29.2 Å². The lowest BCUT2D eigenvalue weighted by atomic mass is 9.96. The van der Waals surface area contributed by atoms with Crippen LogP contribution in [0.1, 0.15) is 52.2 Å². The van der Waals surface area contributed by atoms with Crippen LogP contribution in [-0.4, -0.2) is 78.4 Å². The second kappa shape index (κ2) is 18.2. The van der Waals surface area contributed by atoms with Gasteiger partial charge in [0.05, 0.1) is 28.8 Å². The van der Waals surface area contributed by atoms with Crippen LogP contribution in [0.5, 0.6) is 5.75 Å². The number of carbonyl (C=O) groups excluding carboxylic acids is 3. The number of benzene rings is 3.